The molecule has 3 rings (SSSR count). The Labute approximate surface area is 118 Å². The fourth-order valence-electron chi connectivity index (χ4n) is 2.60. The molecule has 0 aromatic carbocycles. The topological polar surface area (TPSA) is 68.5 Å². The molecule has 20 heavy (non-hydrogen) atoms. The van der Waals surface area contributed by atoms with Crippen LogP contribution in [0.1, 0.15) is 49.7 Å². The molecule has 1 aromatic heterocycles. The van der Waals surface area contributed by atoms with Gasteiger partial charge in [-0.3, -0.25) is 4.79 Å². The van der Waals surface area contributed by atoms with Gasteiger partial charge in [0.25, 0.3) is 0 Å². The Bertz CT molecular complexity index is 464. The quantitative estimate of drug-likeness (QED) is 0.821. The molecular weight excluding hydrogens is 258 g/mol. The van der Waals surface area contributed by atoms with E-state index in [2.05, 4.69) is 10.1 Å². The van der Waals surface area contributed by atoms with Crippen molar-refractivity contribution in [2.75, 3.05) is 20.3 Å². The number of carbonyl (C=O) groups excluding carboxylic acids is 1. The molecule has 2 aliphatic rings. The van der Waals surface area contributed by atoms with E-state index < -0.39 is 0 Å². The van der Waals surface area contributed by atoms with Crippen LogP contribution < -0.4 is 0 Å². The molecule has 0 bridgehead atoms. The number of rotatable bonds is 5. The Morgan fingerprint density at radius 2 is 2.25 bits per heavy atom. The van der Waals surface area contributed by atoms with Crippen LogP contribution in [-0.4, -0.2) is 41.2 Å². The van der Waals surface area contributed by atoms with Gasteiger partial charge in [0.05, 0.1) is 6.54 Å². The molecule has 1 saturated carbocycles. The maximum Gasteiger partial charge on any atom is 0.229 e. The first-order chi connectivity index (χ1) is 9.72. The molecule has 1 saturated heterocycles. The van der Waals surface area contributed by atoms with E-state index in [1.807, 2.05) is 0 Å². The van der Waals surface area contributed by atoms with Gasteiger partial charge in [0, 0.05) is 32.6 Å². The maximum atomic E-state index is 12.1. The Morgan fingerprint density at radius 3 is 2.90 bits per heavy atom. The molecule has 0 unspecified atom stereocenters. The van der Waals surface area contributed by atoms with Gasteiger partial charge in [0.15, 0.2) is 5.82 Å². The van der Waals surface area contributed by atoms with Gasteiger partial charge in [-0.1, -0.05) is 11.6 Å². The molecule has 2 heterocycles. The molecule has 0 spiro atoms. The zero-order valence-corrected chi connectivity index (χ0v) is 11.9. The fourth-order valence-corrected chi connectivity index (χ4v) is 2.60. The highest BCUT2D eigenvalue weighted by atomic mass is 16.5. The van der Waals surface area contributed by atoms with Crippen molar-refractivity contribution in [3.8, 4) is 0 Å². The molecule has 0 N–H and O–H groups in total. The highest BCUT2D eigenvalue weighted by Crippen LogP contribution is 2.35. The van der Waals surface area contributed by atoms with Gasteiger partial charge < -0.3 is 14.2 Å². The van der Waals surface area contributed by atoms with Crippen LogP contribution in [0, 0.1) is 5.92 Å². The SMILES string of the molecule is CN(Cc1noc(C2CCC2)n1)C(=O)C[C@H]1CCOC1. The van der Waals surface area contributed by atoms with Crippen LogP contribution in [0.4, 0.5) is 0 Å². The van der Waals surface area contributed by atoms with Crippen molar-refractivity contribution in [1.29, 1.82) is 0 Å². The second-order valence-electron chi connectivity index (χ2n) is 5.86. The second kappa shape index (κ2) is 5.91. The highest BCUT2D eigenvalue weighted by molar-refractivity contribution is 5.76. The van der Waals surface area contributed by atoms with Crippen molar-refractivity contribution in [1.82, 2.24) is 15.0 Å². The summed E-state index contributed by atoms with van der Waals surface area (Å²) in [5.41, 5.74) is 0. The lowest BCUT2D eigenvalue weighted by atomic mass is 9.85. The molecule has 0 radical (unpaired) electrons. The summed E-state index contributed by atoms with van der Waals surface area (Å²) >= 11 is 0. The fraction of sp³-hybridized carbons (Fsp3) is 0.786. The number of hydrogen-bond donors (Lipinski definition) is 0. The summed E-state index contributed by atoms with van der Waals surface area (Å²) < 4.78 is 10.6. The third-order valence-corrected chi connectivity index (χ3v) is 4.23. The minimum absolute atomic E-state index is 0.121. The number of aromatic nitrogens is 2. The van der Waals surface area contributed by atoms with E-state index in [0.717, 1.165) is 31.8 Å². The van der Waals surface area contributed by atoms with Crippen LogP contribution in [-0.2, 0) is 16.1 Å². The zero-order chi connectivity index (χ0) is 13.9. The lowest BCUT2D eigenvalue weighted by Gasteiger charge is -2.20. The molecule has 1 aromatic rings. The van der Waals surface area contributed by atoms with Gasteiger partial charge in [-0.05, 0) is 25.2 Å². The van der Waals surface area contributed by atoms with Crippen LogP contribution in [0.5, 0.6) is 0 Å². The summed E-state index contributed by atoms with van der Waals surface area (Å²) in [6.45, 7) is 1.90. The summed E-state index contributed by atoms with van der Waals surface area (Å²) in [7, 11) is 1.79. The standard InChI is InChI=1S/C14H21N3O3/c1-17(13(18)7-10-5-6-19-9-10)8-12-15-14(20-16-12)11-3-2-4-11/h10-11H,2-9H2,1H3/t10-/m1/s1. The normalized spacial score (nSPS) is 22.8. The van der Waals surface area contributed by atoms with Crippen molar-refractivity contribution < 1.29 is 14.1 Å². The van der Waals surface area contributed by atoms with Crippen LogP contribution >= 0.6 is 0 Å². The molecule has 1 aliphatic heterocycles. The monoisotopic (exact) mass is 279 g/mol. The molecular formula is C14H21N3O3. The van der Waals surface area contributed by atoms with Crippen molar-refractivity contribution >= 4 is 5.91 Å². The lowest BCUT2D eigenvalue weighted by Crippen LogP contribution is -2.28. The third-order valence-electron chi connectivity index (χ3n) is 4.23. The maximum absolute atomic E-state index is 12.1. The largest absolute Gasteiger partial charge is 0.381 e. The number of hydrogen-bond acceptors (Lipinski definition) is 5. The smallest absolute Gasteiger partial charge is 0.229 e. The number of amides is 1. The van der Waals surface area contributed by atoms with E-state index in [9.17, 15) is 4.79 Å². The van der Waals surface area contributed by atoms with Gasteiger partial charge in [-0.15, -0.1) is 0 Å². The summed E-state index contributed by atoms with van der Waals surface area (Å²) in [5, 5.41) is 3.97. The van der Waals surface area contributed by atoms with Crippen molar-refractivity contribution in [2.45, 2.75) is 44.6 Å². The van der Waals surface area contributed by atoms with Gasteiger partial charge in [0.2, 0.25) is 11.8 Å². The van der Waals surface area contributed by atoms with E-state index in [1.54, 1.807) is 11.9 Å². The highest BCUT2D eigenvalue weighted by Gasteiger charge is 2.26. The van der Waals surface area contributed by atoms with E-state index in [0.29, 0.717) is 37.2 Å². The molecule has 6 heteroatoms. The third kappa shape index (κ3) is 3.00. The van der Waals surface area contributed by atoms with Gasteiger partial charge in [0.1, 0.15) is 0 Å². The van der Waals surface area contributed by atoms with Gasteiger partial charge in [-0.25, -0.2) is 0 Å². The zero-order valence-electron chi connectivity index (χ0n) is 11.9. The Kier molecular flexibility index (Phi) is 4.00. The predicted molar refractivity (Wildman–Crippen MR) is 70.9 cm³/mol. The number of ether oxygens (including phenoxy) is 1. The van der Waals surface area contributed by atoms with Crippen LogP contribution in [0.15, 0.2) is 4.52 Å². The number of carbonyl (C=O) groups is 1. The summed E-state index contributed by atoms with van der Waals surface area (Å²) in [6, 6.07) is 0. The molecule has 2 fully saturated rings. The van der Waals surface area contributed by atoms with E-state index >= 15 is 0 Å². The molecule has 1 amide bonds. The van der Waals surface area contributed by atoms with Gasteiger partial charge >= 0.3 is 0 Å². The number of nitrogens with zero attached hydrogens (tertiary/aromatic N) is 3. The average molecular weight is 279 g/mol. The van der Waals surface area contributed by atoms with Crippen LogP contribution in [0.25, 0.3) is 0 Å². The van der Waals surface area contributed by atoms with Gasteiger partial charge in [-0.2, -0.15) is 4.98 Å². The van der Waals surface area contributed by atoms with Crippen LogP contribution in [0.3, 0.4) is 0 Å². The van der Waals surface area contributed by atoms with Crippen molar-refractivity contribution in [2.24, 2.45) is 5.92 Å². The molecule has 110 valence electrons. The minimum atomic E-state index is 0.121. The van der Waals surface area contributed by atoms with E-state index in [1.165, 1.54) is 6.42 Å². The first kappa shape index (κ1) is 13.5. The average Bonchev–Trinajstić information content (AvgIpc) is 2.99. The summed E-state index contributed by atoms with van der Waals surface area (Å²) in [6.07, 6.45) is 5.04. The molecule has 1 atom stereocenters. The van der Waals surface area contributed by atoms with Crippen molar-refractivity contribution in [3.05, 3.63) is 11.7 Å². The minimum Gasteiger partial charge on any atom is -0.381 e. The Hall–Kier alpha value is -1.43. The molecule has 1 aliphatic carbocycles. The second-order valence-corrected chi connectivity index (χ2v) is 5.86. The first-order valence-corrected chi connectivity index (χ1v) is 7.36. The Morgan fingerprint density at radius 1 is 1.40 bits per heavy atom. The van der Waals surface area contributed by atoms with Crippen LogP contribution in [0.2, 0.25) is 0 Å². The van der Waals surface area contributed by atoms with E-state index in [4.69, 9.17) is 9.26 Å². The lowest BCUT2D eigenvalue weighted by molar-refractivity contribution is -0.131. The summed E-state index contributed by atoms with van der Waals surface area (Å²) in [4.78, 5) is 18.2. The molecule has 6 nitrogen and oxygen atoms in total. The Balaban J connectivity index is 1.50. The first-order valence-electron chi connectivity index (χ1n) is 7.36. The predicted octanol–water partition coefficient (Wildman–Crippen LogP) is 1.72. The van der Waals surface area contributed by atoms with E-state index in [-0.39, 0.29) is 5.91 Å². The summed E-state index contributed by atoms with van der Waals surface area (Å²) in [5.74, 6) is 2.26. The van der Waals surface area contributed by atoms with Crippen molar-refractivity contribution in [3.63, 3.8) is 0 Å².